The number of rotatable bonds is 6. The number of benzene rings is 9. The molecule has 0 aliphatic heterocycles. The Bertz CT molecular complexity index is 3220. The molecule has 10 aromatic rings. The zero-order chi connectivity index (χ0) is 41.7. The first-order valence-corrected chi connectivity index (χ1v) is 21.9. The highest BCUT2D eigenvalue weighted by atomic mass is 16.3. The van der Waals surface area contributed by atoms with Gasteiger partial charge in [-0.3, -0.25) is 0 Å². The molecule has 0 amide bonds. The molecule has 0 saturated carbocycles. The Kier molecular flexibility index (Phi) is 8.06. The van der Waals surface area contributed by atoms with Crippen LogP contribution in [0.1, 0.15) is 72.6 Å². The van der Waals surface area contributed by atoms with Gasteiger partial charge in [-0.15, -0.1) is 0 Å². The minimum Gasteiger partial charge on any atom is -0.456 e. The summed E-state index contributed by atoms with van der Waals surface area (Å²) in [4.78, 5) is 0. The van der Waals surface area contributed by atoms with Crippen LogP contribution in [0.15, 0.2) is 205 Å². The number of hydrogen-bond donors (Lipinski definition) is 0. The third-order valence-corrected chi connectivity index (χ3v) is 14.3. The average molecular weight is 795 g/mol. The van der Waals surface area contributed by atoms with E-state index in [4.69, 9.17) is 4.42 Å². The summed E-state index contributed by atoms with van der Waals surface area (Å²) in [5.41, 5.74) is 23.9. The number of fused-ring (bicyclic) bond motifs is 9. The highest BCUT2D eigenvalue weighted by Crippen LogP contribution is 2.51. The standard InChI is InChI=1S/C61H46O/c1-60(2)53-14-8-5-11-47(53)49-32-29-45(36-55(49)60)39-19-25-42(26-20-39)59(41-23-17-38(18-24-41)44-31-34-58-52(35-44)51-13-7-10-16-57(51)62-58)43-27-21-40(22-28-43)46-30-33-50-48-12-6-9-15-54(48)61(3,4)56(50)37-46/h5-37,59H,1-4H3. The molecule has 2 aliphatic carbocycles. The predicted molar refractivity (Wildman–Crippen MR) is 259 cm³/mol. The smallest absolute Gasteiger partial charge is 0.135 e. The fourth-order valence-corrected chi connectivity index (χ4v) is 10.9. The van der Waals surface area contributed by atoms with E-state index >= 15 is 0 Å². The molecule has 1 aromatic heterocycles. The van der Waals surface area contributed by atoms with Crippen molar-refractivity contribution in [2.24, 2.45) is 0 Å². The largest absolute Gasteiger partial charge is 0.456 e. The summed E-state index contributed by atoms with van der Waals surface area (Å²) in [5.74, 6) is 0.0503. The van der Waals surface area contributed by atoms with Gasteiger partial charge in [0, 0.05) is 27.5 Å². The van der Waals surface area contributed by atoms with E-state index in [9.17, 15) is 0 Å². The van der Waals surface area contributed by atoms with Gasteiger partial charge in [-0.05, 0) is 125 Å². The number of para-hydroxylation sites is 1. The monoisotopic (exact) mass is 794 g/mol. The van der Waals surface area contributed by atoms with E-state index in [0.717, 1.165) is 21.9 Å². The van der Waals surface area contributed by atoms with Gasteiger partial charge in [-0.2, -0.15) is 0 Å². The fraction of sp³-hybridized carbons (Fsp3) is 0.115. The zero-order valence-corrected chi connectivity index (χ0v) is 35.5. The van der Waals surface area contributed by atoms with Crippen molar-refractivity contribution in [1.29, 1.82) is 0 Å². The molecule has 0 bridgehead atoms. The first-order valence-electron chi connectivity index (χ1n) is 21.9. The van der Waals surface area contributed by atoms with E-state index in [1.165, 1.54) is 94.6 Å². The molecule has 62 heavy (non-hydrogen) atoms. The molecule has 9 aromatic carbocycles. The Balaban J connectivity index is 0.908. The van der Waals surface area contributed by atoms with E-state index in [2.05, 4.69) is 216 Å². The maximum Gasteiger partial charge on any atom is 0.135 e. The molecular weight excluding hydrogens is 749 g/mol. The summed E-state index contributed by atoms with van der Waals surface area (Å²) < 4.78 is 6.15. The van der Waals surface area contributed by atoms with Gasteiger partial charge < -0.3 is 4.42 Å². The van der Waals surface area contributed by atoms with Crippen molar-refractivity contribution in [2.75, 3.05) is 0 Å². The van der Waals surface area contributed by atoms with E-state index in [-0.39, 0.29) is 16.7 Å². The van der Waals surface area contributed by atoms with Crippen LogP contribution in [0.3, 0.4) is 0 Å². The van der Waals surface area contributed by atoms with E-state index in [1.54, 1.807) is 0 Å². The summed E-state index contributed by atoms with van der Waals surface area (Å²) in [6.45, 7) is 9.42. The van der Waals surface area contributed by atoms with Crippen LogP contribution < -0.4 is 0 Å². The van der Waals surface area contributed by atoms with Crippen molar-refractivity contribution in [3.05, 3.63) is 239 Å². The Labute approximate surface area is 364 Å². The maximum atomic E-state index is 6.15. The van der Waals surface area contributed by atoms with Gasteiger partial charge >= 0.3 is 0 Å². The van der Waals surface area contributed by atoms with Crippen molar-refractivity contribution in [1.82, 2.24) is 0 Å². The molecule has 1 heteroatoms. The van der Waals surface area contributed by atoms with Crippen molar-refractivity contribution in [3.8, 4) is 55.6 Å². The second-order valence-corrected chi connectivity index (χ2v) is 18.5. The fourth-order valence-electron chi connectivity index (χ4n) is 10.9. The SMILES string of the molecule is CC1(C)c2ccccc2-c2ccc(-c3ccc(C(c4ccc(-c5ccc6c(c5)C(C)(C)c5ccccc5-6)cc4)c4ccc(-c5ccc6oc7ccccc7c6c5)cc4)cc3)cc21. The van der Waals surface area contributed by atoms with Gasteiger partial charge in [0.1, 0.15) is 11.2 Å². The topological polar surface area (TPSA) is 13.1 Å². The summed E-state index contributed by atoms with van der Waals surface area (Å²) in [7, 11) is 0. The second-order valence-electron chi connectivity index (χ2n) is 18.5. The van der Waals surface area contributed by atoms with Gasteiger partial charge in [0.05, 0.1) is 0 Å². The molecular formula is C61H46O. The zero-order valence-electron chi connectivity index (χ0n) is 35.5. The van der Waals surface area contributed by atoms with Gasteiger partial charge in [-0.1, -0.05) is 198 Å². The second kappa shape index (κ2) is 13.6. The minimum absolute atomic E-state index is 0.0373. The molecule has 12 rings (SSSR count). The summed E-state index contributed by atoms with van der Waals surface area (Å²) in [5, 5.41) is 2.29. The molecule has 1 nitrogen and oxygen atoms in total. The highest BCUT2D eigenvalue weighted by molar-refractivity contribution is 6.06. The third-order valence-electron chi connectivity index (χ3n) is 14.3. The maximum absolute atomic E-state index is 6.15. The molecule has 0 spiro atoms. The first-order chi connectivity index (χ1) is 30.2. The van der Waals surface area contributed by atoms with Crippen LogP contribution in [-0.4, -0.2) is 0 Å². The molecule has 296 valence electrons. The van der Waals surface area contributed by atoms with Crippen molar-refractivity contribution in [3.63, 3.8) is 0 Å². The van der Waals surface area contributed by atoms with Gasteiger partial charge in [0.15, 0.2) is 0 Å². The van der Waals surface area contributed by atoms with Gasteiger partial charge in [0.2, 0.25) is 0 Å². The van der Waals surface area contributed by atoms with E-state index in [1.807, 2.05) is 12.1 Å². The van der Waals surface area contributed by atoms with E-state index < -0.39 is 0 Å². The quantitative estimate of drug-likeness (QED) is 0.153. The van der Waals surface area contributed by atoms with Crippen LogP contribution in [0.4, 0.5) is 0 Å². The van der Waals surface area contributed by atoms with Crippen molar-refractivity contribution < 1.29 is 4.42 Å². The molecule has 1 heterocycles. The third kappa shape index (κ3) is 5.61. The summed E-state index contributed by atoms with van der Waals surface area (Å²) >= 11 is 0. The molecule has 0 fully saturated rings. The molecule has 0 saturated heterocycles. The van der Waals surface area contributed by atoms with Crippen LogP contribution in [0.5, 0.6) is 0 Å². The van der Waals surface area contributed by atoms with Gasteiger partial charge in [0.25, 0.3) is 0 Å². The van der Waals surface area contributed by atoms with Gasteiger partial charge in [-0.25, -0.2) is 0 Å². The summed E-state index contributed by atoms with van der Waals surface area (Å²) in [6, 6.07) is 74.5. The summed E-state index contributed by atoms with van der Waals surface area (Å²) in [6.07, 6.45) is 0. The number of furan rings is 1. The van der Waals surface area contributed by atoms with Crippen LogP contribution in [0, 0.1) is 0 Å². The Hall–Kier alpha value is -7.22. The molecule has 0 N–H and O–H groups in total. The normalized spacial score (nSPS) is 14.2. The van der Waals surface area contributed by atoms with Crippen LogP contribution >= 0.6 is 0 Å². The minimum atomic E-state index is -0.0373. The van der Waals surface area contributed by atoms with Crippen LogP contribution in [-0.2, 0) is 10.8 Å². The first kappa shape index (κ1) is 36.6. The van der Waals surface area contributed by atoms with Crippen LogP contribution in [0.2, 0.25) is 0 Å². The van der Waals surface area contributed by atoms with Crippen molar-refractivity contribution >= 4 is 21.9 Å². The van der Waals surface area contributed by atoms with Crippen molar-refractivity contribution in [2.45, 2.75) is 44.4 Å². The Morgan fingerprint density at radius 2 is 0.677 bits per heavy atom. The van der Waals surface area contributed by atoms with Crippen LogP contribution in [0.25, 0.3) is 77.6 Å². The molecule has 0 radical (unpaired) electrons. The molecule has 0 unspecified atom stereocenters. The Morgan fingerprint density at radius 3 is 1.18 bits per heavy atom. The molecule has 2 aliphatic rings. The lowest BCUT2D eigenvalue weighted by molar-refractivity contribution is 0.660. The lowest BCUT2D eigenvalue weighted by atomic mass is 9.81. The average Bonchev–Trinajstić information content (AvgIpc) is 3.89. The lowest BCUT2D eigenvalue weighted by Gasteiger charge is -2.22. The lowest BCUT2D eigenvalue weighted by Crippen LogP contribution is -2.14. The highest BCUT2D eigenvalue weighted by Gasteiger charge is 2.36. The predicted octanol–water partition coefficient (Wildman–Crippen LogP) is 16.4. The number of hydrogen-bond acceptors (Lipinski definition) is 1. The molecule has 0 atom stereocenters. The Morgan fingerprint density at radius 1 is 0.306 bits per heavy atom. The van der Waals surface area contributed by atoms with E-state index in [0.29, 0.717) is 0 Å².